The molecule has 0 saturated heterocycles. The Hall–Kier alpha value is -2.40. The molecule has 0 aliphatic rings. The average molecular weight is 300 g/mol. The molecular weight excluding hydrogens is 280 g/mol. The summed E-state index contributed by atoms with van der Waals surface area (Å²) in [6.45, 7) is 3.61. The van der Waals surface area contributed by atoms with Crippen LogP contribution in [0.25, 0.3) is 11.1 Å². The molecule has 0 spiro atoms. The number of benzene rings is 1. The van der Waals surface area contributed by atoms with Gasteiger partial charge in [0.05, 0.1) is 19.9 Å². The van der Waals surface area contributed by atoms with Gasteiger partial charge in [-0.25, -0.2) is 0 Å². The Bertz CT molecular complexity index is 612. The smallest absolute Gasteiger partial charge is 0.251 e. The highest BCUT2D eigenvalue weighted by atomic mass is 16.5. The highest BCUT2D eigenvalue weighted by Crippen LogP contribution is 2.22. The van der Waals surface area contributed by atoms with Crippen LogP contribution in [0.2, 0.25) is 0 Å². The number of pyridine rings is 1. The largest absolute Gasteiger partial charge is 0.495 e. The van der Waals surface area contributed by atoms with Gasteiger partial charge in [-0.3, -0.25) is 9.78 Å². The van der Waals surface area contributed by atoms with Gasteiger partial charge in [0.15, 0.2) is 0 Å². The van der Waals surface area contributed by atoms with E-state index in [9.17, 15) is 4.79 Å². The van der Waals surface area contributed by atoms with Crippen molar-refractivity contribution in [1.82, 2.24) is 10.3 Å². The number of amides is 1. The van der Waals surface area contributed by atoms with Crippen LogP contribution in [0.3, 0.4) is 0 Å². The maximum Gasteiger partial charge on any atom is 0.251 e. The molecule has 1 heterocycles. The molecule has 2 rings (SSSR count). The second kappa shape index (κ2) is 8.14. The first kappa shape index (κ1) is 16.0. The summed E-state index contributed by atoms with van der Waals surface area (Å²) in [5.41, 5.74) is 2.55. The lowest BCUT2D eigenvalue weighted by atomic mass is 10.1. The molecule has 0 atom stereocenters. The van der Waals surface area contributed by atoms with Crippen LogP contribution in [0.15, 0.2) is 42.7 Å². The predicted octanol–water partition coefficient (Wildman–Crippen LogP) is 2.52. The fraction of sp³-hybridized carbons (Fsp3) is 0.294. The van der Waals surface area contributed by atoms with E-state index in [-0.39, 0.29) is 5.91 Å². The van der Waals surface area contributed by atoms with Crippen molar-refractivity contribution in [2.75, 3.05) is 26.9 Å². The highest BCUT2D eigenvalue weighted by molar-refractivity contribution is 5.94. The number of nitrogens with one attached hydrogen (secondary N) is 1. The summed E-state index contributed by atoms with van der Waals surface area (Å²) < 4.78 is 10.3. The van der Waals surface area contributed by atoms with Crippen LogP contribution in [0.1, 0.15) is 17.3 Å². The van der Waals surface area contributed by atoms with E-state index < -0.39 is 0 Å². The third kappa shape index (κ3) is 4.30. The fourth-order valence-electron chi connectivity index (χ4n) is 1.99. The molecule has 5 nitrogen and oxygen atoms in total. The standard InChI is InChI=1S/C17H20N2O3/c1-3-22-9-8-19-17(20)14-6-4-13(5-7-14)15-10-16(21-2)12-18-11-15/h4-7,10-12H,3,8-9H2,1-2H3,(H,19,20). The van der Waals surface area contributed by atoms with Crippen molar-refractivity contribution in [3.63, 3.8) is 0 Å². The Balaban J connectivity index is 2.01. The second-order valence-corrected chi connectivity index (χ2v) is 4.64. The molecule has 0 aliphatic carbocycles. The highest BCUT2D eigenvalue weighted by Gasteiger charge is 2.06. The first-order valence-electron chi connectivity index (χ1n) is 7.20. The average Bonchev–Trinajstić information content (AvgIpc) is 2.59. The van der Waals surface area contributed by atoms with Gasteiger partial charge in [0, 0.05) is 30.5 Å². The van der Waals surface area contributed by atoms with Crippen LogP contribution in [-0.2, 0) is 4.74 Å². The van der Waals surface area contributed by atoms with E-state index in [0.29, 0.717) is 31.1 Å². The van der Waals surface area contributed by atoms with Crippen molar-refractivity contribution in [2.24, 2.45) is 0 Å². The van der Waals surface area contributed by atoms with Crippen molar-refractivity contribution in [3.05, 3.63) is 48.3 Å². The molecule has 1 N–H and O–H groups in total. The number of carbonyl (C=O) groups excluding carboxylic acids is 1. The van der Waals surface area contributed by atoms with Crippen molar-refractivity contribution < 1.29 is 14.3 Å². The van der Waals surface area contributed by atoms with Crippen molar-refractivity contribution in [2.45, 2.75) is 6.92 Å². The number of carbonyl (C=O) groups is 1. The van der Waals surface area contributed by atoms with Crippen molar-refractivity contribution in [3.8, 4) is 16.9 Å². The molecule has 1 amide bonds. The summed E-state index contributed by atoms with van der Waals surface area (Å²) >= 11 is 0. The lowest BCUT2D eigenvalue weighted by Gasteiger charge is -2.07. The lowest BCUT2D eigenvalue weighted by molar-refractivity contribution is 0.0922. The van der Waals surface area contributed by atoms with E-state index >= 15 is 0 Å². The number of ether oxygens (including phenoxy) is 2. The Morgan fingerprint density at radius 2 is 1.95 bits per heavy atom. The third-order valence-corrected chi connectivity index (χ3v) is 3.17. The summed E-state index contributed by atoms with van der Waals surface area (Å²) in [5, 5.41) is 2.81. The molecule has 22 heavy (non-hydrogen) atoms. The normalized spacial score (nSPS) is 10.3. The molecule has 0 bridgehead atoms. The predicted molar refractivity (Wildman–Crippen MR) is 85.1 cm³/mol. The van der Waals surface area contributed by atoms with Gasteiger partial charge >= 0.3 is 0 Å². The van der Waals surface area contributed by atoms with Crippen molar-refractivity contribution >= 4 is 5.91 Å². The molecule has 0 aliphatic heterocycles. The molecule has 116 valence electrons. The molecule has 0 unspecified atom stereocenters. The minimum Gasteiger partial charge on any atom is -0.495 e. The molecule has 0 fully saturated rings. The topological polar surface area (TPSA) is 60.5 Å². The third-order valence-electron chi connectivity index (χ3n) is 3.17. The number of rotatable bonds is 7. The molecule has 0 saturated carbocycles. The van der Waals surface area contributed by atoms with E-state index in [4.69, 9.17) is 9.47 Å². The zero-order valence-corrected chi connectivity index (χ0v) is 12.8. The quantitative estimate of drug-likeness (QED) is 0.798. The first-order chi connectivity index (χ1) is 10.7. The number of hydrogen-bond acceptors (Lipinski definition) is 4. The van der Waals surface area contributed by atoms with E-state index in [1.165, 1.54) is 0 Å². The van der Waals surface area contributed by atoms with Crippen LogP contribution < -0.4 is 10.1 Å². The monoisotopic (exact) mass is 300 g/mol. The minimum absolute atomic E-state index is 0.102. The summed E-state index contributed by atoms with van der Waals surface area (Å²) in [6, 6.07) is 9.29. The van der Waals surface area contributed by atoms with Crippen molar-refractivity contribution in [1.29, 1.82) is 0 Å². The molecule has 1 aromatic heterocycles. The summed E-state index contributed by atoms with van der Waals surface area (Å²) in [7, 11) is 1.61. The van der Waals surface area contributed by atoms with Gasteiger partial charge in [0.25, 0.3) is 5.91 Å². The summed E-state index contributed by atoms with van der Waals surface area (Å²) in [5.74, 6) is 0.602. The van der Waals surface area contributed by atoms with E-state index in [1.807, 2.05) is 25.1 Å². The molecular formula is C17H20N2O3. The second-order valence-electron chi connectivity index (χ2n) is 4.64. The van der Waals surface area contributed by atoms with E-state index in [2.05, 4.69) is 10.3 Å². The van der Waals surface area contributed by atoms with Gasteiger partial charge in [0.1, 0.15) is 5.75 Å². The van der Waals surface area contributed by atoms with E-state index in [1.54, 1.807) is 31.6 Å². The van der Waals surface area contributed by atoms with Gasteiger partial charge in [-0.2, -0.15) is 0 Å². The minimum atomic E-state index is -0.102. The molecule has 1 aromatic carbocycles. The first-order valence-corrected chi connectivity index (χ1v) is 7.20. The van der Waals surface area contributed by atoms with Crippen LogP contribution in [0.4, 0.5) is 0 Å². The lowest BCUT2D eigenvalue weighted by Crippen LogP contribution is -2.27. The Kier molecular flexibility index (Phi) is 5.91. The van der Waals surface area contributed by atoms with Gasteiger partial charge < -0.3 is 14.8 Å². The van der Waals surface area contributed by atoms with Gasteiger partial charge in [-0.1, -0.05) is 12.1 Å². The Morgan fingerprint density at radius 3 is 2.64 bits per heavy atom. The van der Waals surface area contributed by atoms with Gasteiger partial charge in [-0.15, -0.1) is 0 Å². The number of methoxy groups -OCH3 is 1. The van der Waals surface area contributed by atoms with Crippen LogP contribution in [-0.4, -0.2) is 37.8 Å². The maximum atomic E-state index is 12.0. The van der Waals surface area contributed by atoms with Gasteiger partial charge in [0.2, 0.25) is 0 Å². The molecule has 5 heteroatoms. The SMILES string of the molecule is CCOCCNC(=O)c1ccc(-c2cncc(OC)c2)cc1. The molecule has 0 radical (unpaired) electrons. The maximum absolute atomic E-state index is 12.0. The summed E-state index contributed by atoms with van der Waals surface area (Å²) in [4.78, 5) is 16.1. The Morgan fingerprint density at radius 1 is 1.18 bits per heavy atom. The Labute approximate surface area is 130 Å². The van der Waals surface area contributed by atoms with Crippen LogP contribution in [0.5, 0.6) is 5.75 Å². The zero-order chi connectivity index (χ0) is 15.8. The summed E-state index contributed by atoms with van der Waals surface area (Å²) in [6.07, 6.45) is 3.42. The number of hydrogen-bond donors (Lipinski definition) is 1. The van der Waals surface area contributed by atoms with Gasteiger partial charge in [-0.05, 0) is 30.7 Å². The fourth-order valence-corrected chi connectivity index (χ4v) is 1.99. The van der Waals surface area contributed by atoms with Crippen LogP contribution >= 0.6 is 0 Å². The number of aromatic nitrogens is 1. The molecule has 2 aromatic rings. The number of nitrogens with zero attached hydrogens (tertiary/aromatic N) is 1. The zero-order valence-electron chi connectivity index (χ0n) is 12.8. The van der Waals surface area contributed by atoms with Crippen LogP contribution in [0, 0.1) is 0 Å². The van der Waals surface area contributed by atoms with E-state index in [0.717, 1.165) is 11.1 Å².